The summed E-state index contributed by atoms with van der Waals surface area (Å²) in [6, 6.07) is 7.17. The topological polar surface area (TPSA) is 75.6 Å². The maximum atomic E-state index is 12.2. The lowest BCUT2D eigenvalue weighted by Crippen LogP contribution is -2.55. The number of carboxylic acids is 1. The van der Waals surface area contributed by atoms with Gasteiger partial charge in [0.1, 0.15) is 11.6 Å². The second-order valence-corrected chi connectivity index (χ2v) is 8.85. The Morgan fingerprint density at radius 3 is 2.12 bits per heavy atom. The molecule has 1 aromatic carbocycles. The van der Waals surface area contributed by atoms with Gasteiger partial charge in [0.05, 0.1) is 0 Å². The third-order valence-electron chi connectivity index (χ3n) is 4.28. The van der Waals surface area contributed by atoms with E-state index in [-0.39, 0.29) is 0 Å². The van der Waals surface area contributed by atoms with E-state index in [9.17, 15) is 14.7 Å². The summed E-state index contributed by atoms with van der Waals surface area (Å²) in [6.45, 7) is 11.2. The van der Waals surface area contributed by atoms with Crippen molar-refractivity contribution in [2.45, 2.75) is 76.5 Å². The maximum absolute atomic E-state index is 12.2. The van der Waals surface area contributed by atoms with Crippen LogP contribution in [0.2, 0.25) is 0 Å². The van der Waals surface area contributed by atoms with E-state index in [4.69, 9.17) is 4.74 Å². The Morgan fingerprint density at radius 2 is 1.69 bits per heavy atom. The molecule has 2 N–H and O–H groups in total. The van der Waals surface area contributed by atoms with E-state index < -0.39 is 28.5 Å². The molecule has 0 bridgehead atoms. The number of hydrogen-bond donors (Lipinski definition) is 2. The van der Waals surface area contributed by atoms with Gasteiger partial charge in [-0.2, -0.15) is 0 Å². The Bertz CT molecular complexity index is 603. The molecule has 1 rings (SSSR count). The smallest absolute Gasteiger partial charge is 0.408 e. The molecule has 0 aromatic heterocycles. The zero-order valence-corrected chi connectivity index (χ0v) is 17.4. The number of nitrogens with one attached hydrogen (secondary N) is 1. The van der Waals surface area contributed by atoms with Gasteiger partial charge in [-0.15, -0.1) is 11.8 Å². The highest BCUT2D eigenvalue weighted by Gasteiger charge is 2.42. The third kappa shape index (κ3) is 6.56. The molecule has 146 valence electrons. The summed E-state index contributed by atoms with van der Waals surface area (Å²) < 4.78 is 4.64. The molecule has 0 fully saturated rings. The highest BCUT2D eigenvalue weighted by atomic mass is 32.2. The number of carbonyl (C=O) groups is 2. The van der Waals surface area contributed by atoms with E-state index in [0.29, 0.717) is 18.6 Å². The molecule has 26 heavy (non-hydrogen) atoms. The number of aliphatic carboxylic acids is 1. The van der Waals surface area contributed by atoms with Crippen molar-refractivity contribution in [2.75, 3.05) is 0 Å². The van der Waals surface area contributed by atoms with Crippen LogP contribution in [0.4, 0.5) is 4.79 Å². The van der Waals surface area contributed by atoms with E-state index in [1.54, 1.807) is 32.5 Å². The maximum Gasteiger partial charge on any atom is 0.408 e. The van der Waals surface area contributed by atoms with Crippen LogP contribution in [0.1, 0.15) is 58.6 Å². The normalized spacial score (nSPS) is 13.2. The Balaban J connectivity index is 2.97. The number of hydrogen-bond acceptors (Lipinski definition) is 4. The van der Waals surface area contributed by atoms with Gasteiger partial charge in [0.25, 0.3) is 0 Å². The van der Waals surface area contributed by atoms with Crippen LogP contribution in [0.3, 0.4) is 0 Å². The number of rotatable bonds is 8. The molecule has 1 unspecified atom stereocenters. The molecule has 1 atom stereocenters. The van der Waals surface area contributed by atoms with Crippen LogP contribution in [0.15, 0.2) is 24.3 Å². The van der Waals surface area contributed by atoms with Crippen molar-refractivity contribution >= 4 is 23.8 Å². The van der Waals surface area contributed by atoms with E-state index in [1.807, 2.05) is 32.9 Å². The molecule has 0 aliphatic heterocycles. The van der Waals surface area contributed by atoms with Gasteiger partial charge in [-0.3, -0.25) is 0 Å². The van der Waals surface area contributed by atoms with Crippen molar-refractivity contribution in [3.8, 4) is 0 Å². The molecule has 1 amide bonds. The Hall–Kier alpha value is -1.69. The van der Waals surface area contributed by atoms with E-state index >= 15 is 0 Å². The number of alkyl carbamates (subject to hydrolysis) is 1. The minimum atomic E-state index is -1.05. The van der Waals surface area contributed by atoms with Crippen molar-refractivity contribution in [3.05, 3.63) is 35.4 Å². The van der Waals surface area contributed by atoms with E-state index in [0.717, 1.165) is 5.56 Å². The molecule has 0 heterocycles. The predicted octanol–water partition coefficient (Wildman–Crippen LogP) is 4.76. The van der Waals surface area contributed by atoms with Crippen LogP contribution < -0.4 is 5.32 Å². The number of ether oxygens (including phenoxy) is 1. The van der Waals surface area contributed by atoms with Gasteiger partial charge in [-0.05, 0) is 46.1 Å². The molecule has 0 saturated carbocycles. The lowest BCUT2D eigenvalue weighted by molar-refractivity contribution is -0.140. The first-order chi connectivity index (χ1) is 12.0. The van der Waals surface area contributed by atoms with Crippen molar-refractivity contribution in [2.24, 2.45) is 0 Å². The average molecular weight is 382 g/mol. The van der Waals surface area contributed by atoms with Gasteiger partial charge in [-0.25, -0.2) is 9.59 Å². The number of benzene rings is 1. The molecule has 5 nitrogen and oxygen atoms in total. The third-order valence-corrected chi connectivity index (χ3v) is 6.14. The van der Waals surface area contributed by atoms with Gasteiger partial charge in [-0.1, -0.05) is 43.7 Å². The number of carbonyl (C=O) groups excluding carboxylic acids is 1. The van der Waals surface area contributed by atoms with Crippen LogP contribution in [0, 0.1) is 6.92 Å². The van der Waals surface area contributed by atoms with Crippen LogP contribution >= 0.6 is 11.8 Å². The number of thioether (sulfide) groups is 1. The number of carboxylic acid groups (broad SMARTS) is 1. The summed E-state index contributed by atoms with van der Waals surface area (Å²) in [5.41, 5.74) is 1.64. The summed E-state index contributed by atoms with van der Waals surface area (Å²) in [6.07, 6.45) is 0.534. The average Bonchev–Trinajstić information content (AvgIpc) is 2.54. The summed E-state index contributed by atoms with van der Waals surface area (Å²) in [5, 5.41) is 12.3. The molecule has 0 aliphatic carbocycles. The number of amides is 1. The SMILES string of the molecule is CCC(CC)(SCc1ccc(C)cc1)C(NC(=O)OC(C)(C)C)C(=O)O. The molecular weight excluding hydrogens is 350 g/mol. The molecule has 0 saturated heterocycles. The van der Waals surface area contributed by atoms with Crippen LogP contribution in [-0.4, -0.2) is 33.6 Å². The predicted molar refractivity (Wildman–Crippen MR) is 107 cm³/mol. The number of aryl methyl sites for hydroxylation is 1. The van der Waals surface area contributed by atoms with Crippen molar-refractivity contribution in [1.82, 2.24) is 5.32 Å². The van der Waals surface area contributed by atoms with Crippen LogP contribution in [0.5, 0.6) is 0 Å². The monoisotopic (exact) mass is 381 g/mol. The van der Waals surface area contributed by atoms with Gasteiger partial charge in [0.15, 0.2) is 0 Å². The summed E-state index contributed by atoms with van der Waals surface area (Å²) in [5.74, 6) is -0.363. The van der Waals surface area contributed by atoms with Gasteiger partial charge in [0.2, 0.25) is 0 Å². The quantitative estimate of drug-likeness (QED) is 0.679. The van der Waals surface area contributed by atoms with Gasteiger partial charge in [0, 0.05) is 10.5 Å². The van der Waals surface area contributed by atoms with Crippen LogP contribution in [-0.2, 0) is 15.3 Å². The van der Waals surface area contributed by atoms with Crippen molar-refractivity contribution in [3.63, 3.8) is 0 Å². The minimum Gasteiger partial charge on any atom is -0.480 e. The van der Waals surface area contributed by atoms with E-state index in [1.165, 1.54) is 5.56 Å². The van der Waals surface area contributed by atoms with Crippen molar-refractivity contribution < 1.29 is 19.4 Å². The zero-order valence-electron chi connectivity index (χ0n) is 16.6. The van der Waals surface area contributed by atoms with Crippen LogP contribution in [0.25, 0.3) is 0 Å². The lowest BCUT2D eigenvalue weighted by atomic mass is 9.93. The zero-order chi connectivity index (χ0) is 20.0. The van der Waals surface area contributed by atoms with E-state index in [2.05, 4.69) is 17.4 Å². The second-order valence-electron chi connectivity index (χ2n) is 7.46. The summed E-state index contributed by atoms with van der Waals surface area (Å²) in [4.78, 5) is 24.1. The molecular formula is C20H31NO4S. The molecule has 0 radical (unpaired) electrons. The standard InChI is InChI=1S/C20H31NO4S/c1-7-20(8-2,26-13-15-11-9-14(3)10-12-15)16(17(22)23)21-18(24)25-19(4,5)6/h9-12,16H,7-8,13H2,1-6H3,(H,21,24)(H,22,23). The van der Waals surface area contributed by atoms with Gasteiger partial charge >= 0.3 is 12.1 Å². The second kappa shape index (κ2) is 9.31. The molecule has 6 heteroatoms. The first kappa shape index (κ1) is 22.4. The summed E-state index contributed by atoms with van der Waals surface area (Å²) in [7, 11) is 0. The Morgan fingerprint density at radius 1 is 1.15 bits per heavy atom. The highest BCUT2D eigenvalue weighted by molar-refractivity contribution is 8.00. The highest BCUT2D eigenvalue weighted by Crippen LogP contribution is 2.38. The minimum absolute atomic E-state index is 0.617. The molecule has 0 spiro atoms. The fourth-order valence-corrected chi connectivity index (χ4v) is 4.08. The van der Waals surface area contributed by atoms with Crippen molar-refractivity contribution in [1.29, 1.82) is 0 Å². The molecule has 1 aromatic rings. The molecule has 0 aliphatic rings. The van der Waals surface area contributed by atoms with Gasteiger partial charge < -0.3 is 15.2 Å². The summed E-state index contributed by atoms with van der Waals surface area (Å²) >= 11 is 1.57. The first-order valence-corrected chi connectivity index (χ1v) is 9.93. The Kier molecular flexibility index (Phi) is 8.00. The first-order valence-electron chi connectivity index (χ1n) is 8.95. The fraction of sp³-hybridized carbons (Fsp3) is 0.600. The lowest BCUT2D eigenvalue weighted by Gasteiger charge is -2.37. The fourth-order valence-electron chi connectivity index (χ4n) is 2.70. The Labute approximate surface area is 160 Å². The largest absolute Gasteiger partial charge is 0.480 e.